The molecule has 1 aromatic rings. The topological polar surface area (TPSA) is 101 Å². The molecule has 2 N–H and O–H groups in total. The van der Waals surface area contributed by atoms with Crippen LogP contribution in [0.15, 0.2) is 30.3 Å². The number of rotatable bonds is 7. The quantitative estimate of drug-likeness (QED) is 0.345. The first-order valence-corrected chi connectivity index (χ1v) is 6.88. The van der Waals surface area contributed by atoms with Gasteiger partial charge in [0.15, 0.2) is 0 Å². The highest BCUT2D eigenvalue weighted by molar-refractivity contribution is 5.91. The molecule has 7 heteroatoms. The third kappa shape index (κ3) is 6.17. The molecule has 0 saturated carbocycles. The second kappa shape index (κ2) is 8.56. The third-order valence-corrected chi connectivity index (χ3v) is 2.78. The lowest BCUT2D eigenvalue weighted by Gasteiger charge is -2.07. The van der Waals surface area contributed by atoms with Crippen LogP contribution in [0.3, 0.4) is 0 Å². The monoisotopic (exact) mass is 305 g/mol. The van der Waals surface area contributed by atoms with Crippen molar-refractivity contribution >= 4 is 23.6 Å². The molecule has 1 aromatic carbocycles. The van der Waals surface area contributed by atoms with Gasteiger partial charge in [-0.3, -0.25) is 19.7 Å². The van der Waals surface area contributed by atoms with Crippen molar-refractivity contribution in [3.63, 3.8) is 0 Å². The minimum atomic E-state index is -0.481. The van der Waals surface area contributed by atoms with Gasteiger partial charge in [0.1, 0.15) is 0 Å². The molecule has 7 nitrogen and oxygen atoms in total. The maximum Gasteiger partial charge on any atom is 0.269 e. The molecule has 0 atom stereocenters. The molecule has 0 aliphatic carbocycles. The van der Waals surface area contributed by atoms with Gasteiger partial charge in [0.25, 0.3) is 5.69 Å². The number of carbonyl (C=O) groups excluding carboxylic acids is 2. The van der Waals surface area contributed by atoms with Gasteiger partial charge in [-0.15, -0.1) is 0 Å². The van der Waals surface area contributed by atoms with Gasteiger partial charge in [0.2, 0.25) is 11.8 Å². The molecular formula is C15H19N3O4. The molecule has 0 bridgehead atoms. The number of amides is 2. The average molecular weight is 305 g/mol. The fourth-order valence-corrected chi connectivity index (χ4v) is 1.51. The molecule has 1 rings (SSSR count). The van der Waals surface area contributed by atoms with E-state index < -0.39 is 4.92 Å². The number of nitrogens with one attached hydrogen (secondary N) is 2. The lowest BCUT2D eigenvalue weighted by molar-refractivity contribution is -0.384. The number of non-ortho nitro benzene ring substituents is 1. The van der Waals surface area contributed by atoms with Gasteiger partial charge in [-0.1, -0.05) is 13.8 Å². The van der Waals surface area contributed by atoms with Crippen LogP contribution in [-0.2, 0) is 9.59 Å². The first-order valence-electron chi connectivity index (χ1n) is 6.88. The Morgan fingerprint density at radius 2 is 1.77 bits per heavy atom. The number of hydrogen-bond donors (Lipinski definition) is 2. The average Bonchev–Trinajstić information content (AvgIpc) is 2.49. The van der Waals surface area contributed by atoms with Crippen LogP contribution in [0.4, 0.5) is 5.69 Å². The summed E-state index contributed by atoms with van der Waals surface area (Å²) in [6, 6.07) is 5.87. The van der Waals surface area contributed by atoms with E-state index in [1.807, 2.05) is 0 Å². The molecule has 0 fully saturated rings. The molecule has 0 spiro atoms. The highest BCUT2D eigenvalue weighted by atomic mass is 16.6. The zero-order chi connectivity index (χ0) is 16.5. The van der Waals surface area contributed by atoms with E-state index in [1.165, 1.54) is 18.2 Å². The summed E-state index contributed by atoms with van der Waals surface area (Å²) < 4.78 is 0. The summed E-state index contributed by atoms with van der Waals surface area (Å²) in [5.74, 6) is -0.439. The Kier molecular flexibility index (Phi) is 6.75. The highest BCUT2D eigenvalue weighted by Gasteiger charge is 2.05. The van der Waals surface area contributed by atoms with Crippen molar-refractivity contribution in [1.29, 1.82) is 0 Å². The van der Waals surface area contributed by atoms with Crippen LogP contribution in [0.25, 0.3) is 6.08 Å². The van der Waals surface area contributed by atoms with E-state index in [2.05, 4.69) is 10.6 Å². The van der Waals surface area contributed by atoms with Gasteiger partial charge in [-0.05, 0) is 23.8 Å². The maximum absolute atomic E-state index is 11.6. The van der Waals surface area contributed by atoms with E-state index in [9.17, 15) is 19.7 Å². The predicted octanol–water partition coefficient (Wildman–Crippen LogP) is 1.50. The second-order valence-electron chi connectivity index (χ2n) is 4.92. The Bertz CT molecular complexity index is 565. The van der Waals surface area contributed by atoms with E-state index in [-0.39, 0.29) is 23.4 Å². The summed E-state index contributed by atoms with van der Waals surface area (Å²) in [6.07, 6.45) is 2.90. The van der Waals surface area contributed by atoms with Gasteiger partial charge >= 0.3 is 0 Å². The maximum atomic E-state index is 11.6. The Hall–Kier alpha value is -2.70. The number of carbonyl (C=O) groups is 2. The lowest BCUT2D eigenvalue weighted by atomic mass is 10.2. The first-order chi connectivity index (χ1) is 10.4. The zero-order valence-corrected chi connectivity index (χ0v) is 12.5. The fourth-order valence-electron chi connectivity index (χ4n) is 1.51. The van der Waals surface area contributed by atoms with Crippen LogP contribution in [0.1, 0.15) is 19.4 Å². The van der Waals surface area contributed by atoms with Crippen molar-refractivity contribution in [2.45, 2.75) is 13.8 Å². The number of benzene rings is 1. The summed E-state index contributed by atoms with van der Waals surface area (Å²) in [6.45, 7) is 4.29. The minimum absolute atomic E-state index is 0.00231. The van der Waals surface area contributed by atoms with E-state index in [0.717, 1.165) is 0 Å². The number of nitro groups is 1. The molecule has 2 amide bonds. The Morgan fingerprint density at radius 1 is 1.18 bits per heavy atom. The summed E-state index contributed by atoms with van der Waals surface area (Å²) in [4.78, 5) is 32.9. The molecular weight excluding hydrogens is 286 g/mol. The first kappa shape index (κ1) is 17.4. The summed E-state index contributed by atoms with van der Waals surface area (Å²) in [5, 5.41) is 15.8. The number of nitro benzene ring substituents is 1. The fraction of sp³-hybridized carbons (Fsp3) is 0.333. The van der Waals surface area contributed by atoms with Crippen molar-refractivity contribution in [3.8, 4) is 0 Å². The molecule has 0 radical (unpaired) electrons. The largest absolute Gasteiger partial charge is 0.354 e. The minimum Gasteiger partial charge on any atom is -0.354 e. The summed E-state index contributed by atoms with van der Waals surface area (Å²) in [7, 11) is 0. The Labute approximate surface area is 128 Å². The van der Waals surface area contributed by atoms with Gasteiger partial charge in [0.05, 0.1) is 4.92 Å². The molecule has 0 aliphatic heterocycles. The van der Waals surface area contributed by atoms with Crippen molar-refractivity contribution < 1.29 is 14.5 Å². The number of hydrogen-bond acceptors (Lipinski definition) is 4. The van der Waals surface area contributed by atoms with E-state index in [0.29, 0.717) is 18.7 Å². The molecule has 0 aliphatic rings. The van der Waals surface area contributed by atoms with Crippen LogP contribution >= 0.6 is 0 Å². The summed E-state index contributed by atoms with van der Waals surface area (Å²) in [5.41, 5.74) is 0.691. The smallest absolute Gasteiger partial charge is 0.269 e. The van der Waals surface area contributed by atoms with Crippen molar-refractivity contribution in [2.75, 3.05) is 13.1 Å². The molecule has 0 aromatic heterocycles. The van der Waals surface area contributed by atoms with E-state index >= 15 is 0 Å². The molecule has 22 heavy (non-hydrogen) atoms. The van der Waals surface area contributed by atoms with Crippen LogP contribution < -0.4 is 10.6 Å². The lowest BCUT2D eigenvalue weighted by Crippen LogP contribution is -2.35. The van der Waals surface area contributed by atoms with E-state index in [1.54, 1.807) is 32.1 Å². The summed E-state index contributed by atoms with van der Waals surface area (Å²) >= 11 is 0. The van der Waals surface area contributed by atoms with Crippen LogP contribution in [0.2, 0.25) is 0 Å². The van der Waals surface area contributed by atoms with Gasteiger partial charge in [0, 0.05) is 37.2 Å². The van der Waals surface area contributed by atoms with Gasteiger partial charge in [-0.25, -0.2) is 0 Å². The number of nitrogens with zero attached hydrogens (tertiary/aromatic N) is 1. The molecule has 0 saturated heterocycles. The second-order valence-corrected chi connectivity index (χ2v) is 4.92. The van der Waals surface area contributed by atoms with Crippen molar-refractivity contribution in [2.24, 2.45) is 5.92 Å². The normalized spacial score (nSPS) is 10.7. The van der Waals surface area contributed by atoms with Crippen molar-refractivity contribution in [3.05, 3.63) is 46.0 Å². The zero-order valence-electron chi connectivity index (χ0n) is 12.5. The van der Waals surface area contributed by atoms with Crippen LogP contribution in [-0.4, -0.2) is 29.8 Å². The molecule has 0 unspecified atom stereocenters. The highest BCUT2D eigenvalue weighted by Crippen LogP contribution is 2.12. The Morgan fingerprint density at radius 3 is 2.32 bits per heavy atom. The Balaban J connectivity index is 2.35. The van der Waals surface area contributed by atoms with Gasteiger partial charge in [-0.2, -0.15) is 0 Å². The predicted molar refractivity (Wildman–Crippen MR) is 83.0 cm³/mol. The third-order valence-electron chi connectivity index (χ3n) is 2.78. The van der Waals surface area contributed by atoms with E-state index in [4.69, 9.17) is 0 Å². The SMILES string of the molecule is CC(C)C(=O)NCCNC(=O)/C=C/c1ccc([N+](=O)[O-])cc1. The van der Waals surface area contributed by atoms with Crippen LogP contribution in [0.5, 0.6) is 0 Å². The van der Waals surface area contributed by atoms with Gasteiger partial charge < -0.3 is 10.6 Å². The van der Waals surface area contributed by atoms with Crippen molar-refractivity contribution in [1.82, 2.24) is 10.6 Å². The molecule has 0 heterocycles. The standard InChI is InChI=1S/C15H19N3O4/c1-11(2)15(20)17-10-9-16-14(19)8-5-12-3-6-13(7-4-12)18(21)22/h3-8,11H,9-10H2,1-2H3,(H,16,19)(H,17,20)/b8-5+. The molecule has 118 valence electrons. The van der Waals surface area contributed by atoms with Crippen LogP contribution in [0, 0.1) is 16.0 Å².